The highest BCUT2D eigenvalue weighted by atomic mass is 19.3. The van der Waals surface area contributed by atoms with Gasteiger partial charge in [0, 0.05) is 61.6 Å². The first kappa shape index (κ1) is 31.1. The topological polar surface area (TPSA) is 111 Å². The van der Waals surface area contributed by atoms with Gasteiger partial charge in [0.2, 0.25) is 0 Å². The number of halogens is 4. The largest absolute Gasteiger partial charge is 0.462 e. The van der Waals surface area contributed by atoms with Gasteiger partial charge in [-0.1, -0.05) is 24.8 Å². The van der Waals surface area contributed by atoms with Crippen molar-refractivity contribution in [1.29, 1.82) is 5.26 Å². The van der Waals surface area contributed by atoms with E-state index >= 15 is 4.39 Å². The molecule has 0 saturated carbocycles. The predicted octanol–water partition coefficient (Wildman–Crippen LogP) is 4.82. The van der Waals surface area contributed by atoms with Gasteiger partial charge >= 0.3 is 6.01 Å². The van der Waals surface area contributed by atoms with Gasteiger partial charge in [-0.2, -0.15) is 15.2 Å². The zero-order valence-electron chi connectivity index (χ0n) is 25.2. The fraction of sp³-hybridized carbons (Fsp3) is 0.375. The summed E-state index contributed by atoms with van der Waals surface area (Å²) in [6.45, 7) is 4.66. The van der Waals surface area contributed by atoms with Gasteiger partial charge in [-0.3, -0.25) is 19.7 Å². The highest BCUT2D eigenvalue weighted by molar-refractivity contribution is 6.00. The summed E-state index contributed by atoms with van der Waals surface area (Å²) in [5.41, 5.74) is 1.24. The minimum absolute atomic E-state index is 0.00454. The number of likely N-dealkylation sites (N-methyl/N-ethyl adjacent to an activating group) is 1. The number of carbonyl (C=O) groups is 1. The first-order valence-corrected chi connectivity index (χ1v) is 14.7. The number of carbonyl (C=O) groups excluding carboxylic acids is 1. The summed E-state index contributed by atoms with van der Waals surface area (Å²) in [5.74, 6) is -5.47. The Morgan fingerprint density at radius 3 is 2.72 bits per heavy atom. The van der Waals surface area contributed by atoms with Gasteiger partial charge in [-0.15, -0.1) is 0 Å². The third-order valence-corrected chi connectivity index (χ3v) is 8.54. The van der Waals surface area contributed by atoms with E-state index in [9.17, 15) is 23.2 Å². The van der Waals surface area contributed by atoms with Crippen LogP contribution in [-0.2, 0) is 4.79 Å². The van der Waals surface area contributed by atoms with Gasteiger partial charge < -0.3 is 14.5 Å². The second kappa shape index (κ2) is 12.1. The van der Waals surface area contributed by atoms with Gasteiger partial charge in [0.15, 0.2) is 11.6 Å². The maximum atomic E-state index is 16.6. The van der Waals surface area contributed by atoms with E-state index in [1.165, 1.54) is 22.2 Å². The summed E-state index contributed by atoms with van der Waals surface area (Å²) in [5, 5.41) is 11.2. The molecule has 2 aliphatic heterocycles. The Balaban J connectivity index is 1.44. The van der Waals surface area contributed by atoms with E-state index in [1.807, 2.05) is 31.2 Å². The maximum absolute atomic E-state index is 16.6. The van der Waals surface area contributed by atoms with Crippen LogP contribution in [0.2, 0.25) is 0 Å². The van der Waals surface area contributed by atoms with E-state index in [1.54, 1.807) is 18.1 Å². The summed E-state index contributed by atoms with van der Waals surface area (Å²) in [7, 11) is 1.57. The Bertz CT molecular complexity index is 1890. The van der Waals surface area contributed by atoms with Crippen molar-refractivity contribution in [3.05, 3.63) is 60.6 Å². The van der Waals surface area contributed by atoms with Crippen LogP contribution < -0.4 is 9.64 Å². The predicted molar refractivity (Wildman–Crippen MR) is 162 cm³/mol. The maximum Gasteiger partial charge on any atom is 0.319 e. The molecule has 2 aliphatic rings. The number of nitrogens with zero attached hydrogens (tertiary/aromatic N) is 8. The van der Waals surface area contributed by atoms with Crippen LogP contribution in [0.5, 0.6) is 6.01 Å². The number of likely N-dealkylation sites (tertiary alicyclic amines) is 1. The molecule has 6 rings (SSSR count). The number of piperazine rings is 1. The molecule has 1 amide bonds. The second-order valence-corrected chi connectivity index (χ2v) is 11.7. The zero-order chi connectivity index (χ0) is 32.7. The molecule has 0 aliphatic carbocycles. The molecule has 3 aromatic heterocycles. The van der Waals surface area contributed by atoms with Crippen molar-refractivity contribution in [1.82, 2.24) is 29.7 Å². The summed E-state index contributed by atoms with van der Waals surface area (Å²) < 4.78 is 64.3. The first-order chi connectivity index (χ1) is 22.0. The Hall–Kier alpha value is -4.90. The van der Waals surface area contributed by atoms with Gasteiger partial charge in [0.1, 0.15) is 23.6 Å². The number of anilines is 1. The van der Waals surface area contributed by atoms with Crippen LogP contribution in [0, 0.1) is 24.1 Å². The minimum Gasteiger partial charge on any atom is -0.462 e. The van der Waals surface area contributed by atoms with Crippen LogP contribution in [0.25, 0.3) is 32.9 Å². The lowest BCUT2D eigenvalue weighted by Crippen LogP contribution is -2.55. The van der Waals surface area contributed by atoms with Crippen molar-refractivity contribution in [3.63, 3.8) is 0 Å². The van der Waals surface area contributed by atoms with E-state index in [2.05, 4.69) is 26.5 Å². The number of benzene rings is 1. The number of ether oxygens (including phenoxy) is 1. The number of pyridine rings is 2. The average molecular weight is 635 g/mol. The van der Waals surface area contributed by atoms with E-state index in [0.29, 0.717) is 5.56 Å². The SMILES string of the molecule is C=C(F)C(=O)N1CCN(c2nc(OC[C@@H]3CC(F)(F)CN3C)nc3c(F)c(-c4cncc5cccc(C)c45)ncc23)C[C@@H]1CC#N. The number of amides is 1. The molecule has 0 unspecified atom stereocenters. The second-order valence-electron chi connectivity index (χ2n) is 11.7. The monoisotopic (exact) mass is 634 g/mol. The lowest BCUT2D eigenvalue weighted by Gasteiger charge is -2.41. The van der Waals surface area contributed by atoms with Crippen molar-refractivity contribution in [2.45, 2.75) is 37.8 Å². The number of alkyl halides is 2. The van der Waals surface area contributed by atoms with Crippen molar-refractivity contribution in [3.8, 4) is 23.3 Å². The molecular formula is C32H30F4N8O2. The molecule has 0 spiro atoms. The van der Waals surface area contributed by atoms with Gasteiger partial charge in [0.25, 0.3) is 11.8 Å². The van der Waals surface area contributed by atoms with Crippen LogP contribution >= 0.6 is 0 Å². The molecule has 0 N–H and O–H groups in total. The fourth-order valence-corrected chi connectivity index (χ4v) is 6.28. The number of aryl methyl sites for hydroxylation is 1. The smallest absolute Gasteiger partial charge is 0.319 e. The Labute approximate surface area is 261 Å². The van der Waals surface area contributed by atoms with E-state index in [4.69, 9.17) is 4.74 Å². The Morgan fingerprint density at radius 1 is 1.20 bits per heavy atom. The summed E-state index contributed by atoms with van der Waals surface area (Å²) >= 11 is 0. The van der Waals surface area contributed by atoms with Gasteiger partial charge in [0.05, 0.1) is 30.5 Å². The van der Waals surface area contributed by atoms with E-state index in [-0.39, 0.29) is 61.1 Å². The summed E-state index contributed by atoms with van der Waals surface area (Å²) in [6.07, 6.45) is 4.14. The molecule has 2 atom stereocenters. The molecule has 2 saturated heterocycles. The van der Waals surface area contributed by atoms with Crippen LogP contribution in [0.1, 0.15) is 18.4 Å². The molecule has 0 bridgehead atoms. The lowest BCUT2D eigenvalue weighted by atomic mass is 10.00. The Morgan fingerprint density at radius 2 is 2.00 bits per heavy atom. The molecule has 14 heteroatoms. The Kier molecular flexibility index (Phi) is 8.20. The average Bonchev–Trinajstić information content (AvgIpc) is 3.30. The summed E-state index contributed by atoms with van der Waals surface area (Å²) in [6, 6.07) is 6.10. The van der Waals surface area contributed by atoms with Gasteiger partial charge in [-0.05, 0) is 24.9 Å². The third-order valence-electron chi connectivity index (χ3n) is 8.54. The van der Waals surface area contributed by atoms with Crippen molar-refractivity contribution in [2.24, 2.45) is 0 Å². The highest BCUT2D eigenvalue weighted by Crippen LogP contribution is 2.37. The van der Waals surface area contributed by atoms with Gasteiger partial charge in [-0.25, -0.2) is 17.6 Å². The van der Waals surface area contributed by atoms with Crippen LogP contribution in [0.4, 0.5) is 23.4 Å². The molecule has 0 radical (unpaired) electrons. The number of rotatable bonds is 7. The number of nitriles is 1. The normalized spacial score (nSPS) is 19.8. The van der Waals surface area contributed by atoms with Crippen molar-refractivity contribution in [2.75, 3.05) is 44.7 Å². The molecule has 46 heavy (non-hydrogen) atoms. The third kappa shape index (κ3) is 5.78. The molecule has 4 aromatic rings. The number of aromatic nitrogens is 4. The van der Waals surface area contributed by atoms with Crippen molar-refractivity contribution < 1.29 is 27.1 Å². The number of hydrogen-bond donors (Lipinski definition) is 0. The molecule has 5 heterocycles. The molecule has 1 aromatic carbocycles. The quantitative estimate of drug-likeness (QED) is 0.209. The van der Waals surface area contributed by atoms with E-state index in [0.717, 1.165) is 16.3 Å². The lowest BCUT2D eigenvalue weighted by molar-refractivity contribution is -0.131. The van der Waals surface area contributed by atoms with Crippen LogP contribution in [-0.4, -0.2) is 93.5 Å². The fourth-order valence-electron chi connectivity index (χ4n) is 6.28. The standard InChI is InChI=1S/C32H30F4N8O2/c1-18-5-4-6-20-12-38-13-23(25(18)20)27-26(34)28-24(14-39-27)29(41-31(40-28)46-16-22-11-32(35,36)17-42(22)3)43-9-10-44(30(45)19(2)33)21(15-43)7-8-37/h4-6,12-14,21-22H,2,7,9-11,15-17H2,1,3H3/t21-,22-/m0/s1. The molecular weight excluding hydrogens is 604 g/mol. The van der Waals surface area contributed by atoms with E-state index < -0.39 is 48.5 Å². The molecule has 10 nitrogen and oxygen atoms in total. The van der Waals surface area contributed by atoms with Crippen LogP contribution in [0.3, 0.4) is 0 Å². The molecule has 2 fully saturated rings. The highest BCUT2D eigenvalue weighted by Gasteiger charge is 2.43. The summed E-state index contributed by atoms with van der Waals surface area (Å²) in [4.78, 5) is 34.6. The first-order valence-electron chi connectivity index (χ1n) is 14.7. The minimum atomic E-state index is -2.87. The zero-order valence-corrected chi connectivity index (χ0v) is 25.2. The number of fused-ring (bicyclic) bond motifs is 2. The van der Waals surface area contributed by atoms with Crippen molar-refractivity contribution >= 4 is 33.4 Å². The number of hydrogen-bond acceptors (Lipinski definition) is 9. The molecule has 238 valence electrons. The van der Waals surface area contributed by atoms with Crippen LogP contribution in [0.15, 0.2) is 49.2 Å².